The molecule has 2 aliphatic rings. The van der Waals surface area contributed by atoms with Crippen LogP contribution in [-0.4, -0.2) is 52.4 Å². The number of nitrogens with zero attached hydrogens (tertiary/aromatic N) is 3. The molecule has 2 heterocycles. The second-order valence-corrected chi connectivity index (χ2v) is 9.13. The van der Waals surface area contributed by atoms with Gasteiger partial charge in [0.25, 0.3) is 5.91 Å². The van der Waals surface area contributed by atoms with Gasteiger partial charge in [-0.25, -0.2) is 8.42 Å². The van der Waals surface area contributed by atoms with Crippen molar-refractivity contribution in [3.63, 3.8) is 0 Å². The second-order valence-electron chi connectivity index (χ2n) is 5.87. The molecule has 21 heavy (non-hydrogen) atoms. The molecule has 0 radical (unpaired) electrons. The minimum absolute atomic E-state index is 0.141. The second kappa shape index (κ2) is 5.64. The monoisotopic (exact) mass is 329 g/mol. The van der Waals surface area contributed by atoms with Crippen LogP contribution in [0.2, 0.25) is 0 Å². The van der Waals surface area contributed by atoms with Crippen LogP contribution in [0.15, 0.2) is 0 Å². The highest BCUT2D eigenvalue weighted by Crippen LogP contribution is 2.30. The van der Waals surface area contributed by atoms with Crippen molar-refractivity contribution >= 4 is 27.3 Å². The van der Waals surface area contributed by atoms with Gasteiger partial charge in [0.1, 0.15) is 4.88 Å². The Morgan fingerprint density at radius 3 is 2.43 bits per heavy atom. The number of carbonyl (C=O) groups excluding carboxylic acids is 1. The molecule has 6 nitrogen and oxygen atoms in total. The number of hydrogen-bond acceptors (Lipinski definition) is 6. The van der Waals surface area contributed by atoms with Gasteiger partial charge in [0.05, 0.1) is 16.2 Å². The highest BCUT2D eigenvalue weighted by molar-refractivity contribution is 7.92. The molecule has 1 saturated carbocycles. The fourth-order valence-electron chi connectivity index (χ4n) is 3.05. The average Bonchev–Trinajstić information content (AvgIpc) is 2.84. The molecule has 1 aromatic heterocycles. The molecule has 2 fully saturated rings. The van der Waals surface area contributed by atoms with E-state index in [1.54, 1.807) is 11.8 Å². The van der Waals surface area contributed by atoms with Crippen molar-refractivity contribution in [2.75, 3.05) is 13.1 Å². The van der Waals surface area contributed by atoms with Gasteiger partial charge in [-0.05, 0) is 31.3 Å². The Morgan fingerprint density at radius 1 is 1.19 bits per heavy atom. The van der Waals surface area contributed by atoms with Crippen LogP contribution >= 0.6 is 11.5 Å². The van der Waals surface area contributed by atoms with Crippen LogP contribution in [0.3, 0.4) is 0 Å². The molecule has 1 amide bonds. The maximum absolute atomic E-state index is 12.5. The number of aryl methyl sites for hydroxylation is 1. The SMILES string of the molecule is Cc1nnsc1C(=O)N1CC(S(=O)(=O)C2CCCCC2)C1. The summed E-state index contributed by atoms with van der Waals surface area (Å²) >= 11 is 1.07. The maximum Gasteiger partial charge on any atom is 0.267 e. The van der Waals surface area contributed by atoms with Crippen molar-refractivity contribution in [3.8, 4) is 0 Å². The Morgan fingerprint density at radius 2 is 1.86 bits per heavy atom. The van der Waals surface area contributed by atoms with Gasteiger partial charge in [-0.2, -0.15) is 0 Å². The quantitative estimate of drug-likeness (QED) is 0.838. The van der Waals surface area contributed by atoms with Gasteiger partial charge >= 0.3 is 0 Å². The first kappa shape index (κ1) is 14.9. The molecular weight excluding hydrogens is 310 g/mol. The highest BCUT2D eigenvalue weighted by atomic mass is 32.2. The number of rotatable bonds is 3. The highest BCUT2D eigenvalue weighted by Gasteiger charge is 2.44. The molecule has 0 spiro atoms. The number of carbonyl (C=O) groups is 1. The van der Waals surface area contributed by atoms with Crippen LogP contribution in [0.1, 0.15) is 47.5 Å². The van der Waals surface area contributed by atoms with E-state index in [0.717, 1.165) is 43.6 Å². The molecule has 1 aliphatic heterocycles. The number of likely N-dealkylation sites (tertiary alicyclic amines) is 1. The third-order valence-electron chi connectivity index (χ3n) is 4.46. The van der Waals surface area contributed by atoms with Crippen LogP contribution in [0.5, 0.6) is 0 Å². The van der Waals surface area contributed by atoms with E-state index in [9.17, 15) is 13.2 Å². The van der Waals surface area contributed by atoms with E-state index in [4.69, 9.17) is 0 Å². The van der Waals surface area contributed by atoms with Gasteiger partial charge in [-0.3, -0.25) is 4.79 Å². The first-order chi connectivity index (χ1) is 10.00. The largest absolute Gasteiger partial charge is 0.335 e. The van der Waals surface area contributed by atoms with Crippen LogP contribution < -0.4 is 0 Å². The van der Waals surface area contributed by atoms with Crippen molar-refractivity contribution in [2.24, 2.45) is 0 Å². The number of sulfone groups is 1. The lowest BCUT2D eigenvalue weighted by Crippen LogP contribution is -2.58. The molecule has 0 bridgehead atoms. The average molecular weight is 329 g/mol. The van der Waals surface area contributed by atoms with Crippen LogP contribution in [-0.2, 0) is 9.84 Å². The zero-order valence-corrected chi connectivity index (χ0v) is 13.6. The molecule has 1 saturated heterocycles. The van der Waals surface area contributed by atoms with Gasteiger partial charge < -0.3 is 4.90 Å². The topological polar surface area (TPSA) is 80.2 Å². The minimum Gasteiger partial charge on any atom is -0.335 e. The Bertz CT molecular complexity index is 629. The van der Waals surface area contributed by atoms with E-state index in [-0.39, 0.29) is 16.4 Å². The fraction of sp³-hybridized carbons (Fsp3) is 0.769. The summed E-state index contributed by atoms with van der Waals surface area (Å²) in [5.74, 6) is -0.141. The lowest BCUT2D eigenvalue weighted by atomic mass is 10.0. The Labute approximate surface area is 128 Å². The standard InChI is InChI=1S/C13H19N3O3S2/c1-9-12(20-15-14-9)13(17)16-7-11(8-16)21(18,19)10-5-3-2-4-6-10/h10-11H,2-8H2,1H3. The summed E-state index contributed by atoms with van der Waals surface area (Å²) in [6, 6.07) is 0. The summed E-state index contributed by atoms with van der Waals surface area (Å²) in [5, 5.41) is 3.24. The lowest BCUT2D eigenvalue weighted by molar-refractivity contribution is 0.0662. The third-order valence-corrected chi connectivity index (χ3v) is 7.91. The summed E-state index contributed by atoms with van der Waals surface area (Å²) in [5.41, 5.74) is 0.614. The molecule has 3 rings (SSSR count). The molecule has 8 heteroatoms. The van der Waals surface area contributed by atoms with E-state index >= 15 is 0 Å². The molecule has 116 valence electrons. The Hall–Kier alpha value is -1.02. The molecule has 0 atom stereocenters. The molecule has 1 aliphatic carbocycles. The van der Waals surface area contributed by atoms with E-state index < -0.39 is 9.84 Å². The lowest BCUT2D eigenvalue weighted by Gasteiger charge is -2.40. The van der Waals surface area contributed by atoms with E-state index in [1.165, 1.54) is 0 Å². The van der Waals surface area contributed by atoms with Gasteiger partial charge in [0.15, 0.2) is 9.84 Å². The number of hydrogen-bond donors (Lipinski definition) is 0. The van der Waals surface area contributed by atoms with Crippen LogP contribution in [0.25, 0.3) is 0 Å². The molecule has 1 aromatic rings. The normalized spacial score (nSPS) is 21.3. The summed E-state index contributed by atoms with van der Waals surface area (Å²) in [4.78, 5) is 14.3. The van der Waals surface area contributed by atoms with Gasteiger partial charge in [0, 0.05) is 13.1 Å². The van der Waals surface area contributed by atoms with Crippen molar-refractivity contribution in [1.29, 1.82) is 0 Å². The third kappa shape index (κ3) is 2.70. The minimum atomic E-state index is -3.09. The zero-order valence-electron chi connectivity index (χ0n) is 12.0. The van der Waals surface area contributed by atoms with Gasteiger partial charge in [-0.15, -0.1) is 5.10 Å². The van der Waals surface area contributed by atoms with E-state index in [2.05, 4.69) is 9.59 Å². The fourth-order valence-corrected chi connectivity index (χ4v) is 5.98. The van der Waals surface area contributed by atoms with Crippen molar-refractivity contribution in [1.82, 2.24) is 14.5 Å². The van der Waals surface area contributed by atoms with Crippen molar-refractivity contribution in [2.45, 2.75) is 49.5 Å². The molecular formula is C13H19N3O3S2. The molecule has 0 unspecified atom stereocenters. The number of aromatic nitrogens is 2. The summed E-state index contributed by atoms with van der Waals surface area (Å²) in [7, 11) is -3.09. The van der Waals surface area contributed by atoms with Gasteiger partial charge in [-0.1, -0.05) is 23.8 Å². The first-order valence-corrected chi connectivity index (χ1v) is 9.69. The Kier molecular flexibility index (Phi) is 4.00. The van der Waals surface area contributed by atoms with Crippen LogP contribution in [0, 0.1) is 6.92 Å². The molecule has 0 N–H and O–H groups in total. The van der Waals surface area contributed by atoms with Crippen molar-refractivity contribution in [3.05, 3.63) is 10.6 Å². The first-order valence-electron chi connectivity index (χ1n) is 7.31. The predicted octanol–water partition coefficient (Wildman–Crippen LogP) is 1.42. The van der Waals surface area contributed by atoms with Gasteiger partial charge in [0.2, 0.25) is 0 Å². The van der Waals surface area contributed by atoms with Crippen molar-refractivity contribution < 1.29 is 13.2 Å². The molecule has 0 aromatic carbocycles. The predicted molar refractivity (Wildman–Crippen MR) is 80.1 cm³/mol. The zero-order chi connectivity index (χ0) is 15.0. The van der Waals surface area contributed by atoms with E-state index in [1.807, 2.05) is 0 Å². The summed E-state index contributed by atoms with van der Waals surface area (Å²) in [6.07, 6.45) is 4.71. The maximum atomic E-state index is 12.5. The smallest absolute Gasteiger partial charge is 0.267 e. The van der Waals surface area contributed by atoms with Crippen LogP contribution in [0.4, 0.5) is 0 Å². The van der Waals surface area contributed by atoms with E-state index in [0.29, 0.717) is 23.7 Å². The summed E-state index contributed by atoms with van der Waals surface area (Å²) < 4.78 is 28.8. The Balaban J connectivity index is 1.62. The number of amides is 1. The summed E-state index contributed by atoms with van der Waals surface area (Å²) in [6.45, 7) is 2.37.